The lowest BCUT2D eigenvalue weighted by Crippen LogP contribution is -2.51. The van der Waals surface area contributed by atoms with Gasteiger partial charge in [0, 0.05) is 23.8 Å². The average molecular weight is 362 g/mol. The van der Waals surface area contributed by atoms with Gasteiger partial charge < -0.3 is 4.90 Å². The number of amides is 2. The second-order valence-electron chi connectivity index (χ2n) is 7.75. The van der Waals surface area contributed by atoms with Crippen LogP contribution in [0.5, 0.6) is 0 Å². The van der Waals surface area contributed by atoms with E-state index >= 15 is 0 Å². The molecular formula is C23H23FN2O. The Morgan fingerprint density at radius 1 is 1.04 bits per heavy atom. The van der Waals surface area contributed by atoms with Crippen LogP contribution < -0.4 is 4.90 Å². The zero-order chi connectivity index (χ0) is 18.4. The molecule has 138 valence electrons. The first-order valence-corrected chi connectivity index (χ1v) is 9.86. The molecule has 3 aliphatic rings. The lowest BCUT2D eigenvalue weighted by Gasteiger charge is -2.39. The van der Waals surface area contributed by atoms with Crippen molar-refractivity contribution in [2.45, 2.75) is 44.2 Å². The Bertz CT molecular complexity index is 922. The third-order valence-corrected chi connectivity index (χ3v) is 6.18. The highest BCUT2D eigenvalue weighted by Gasteiger charge is 2.42. The zero-order valence-electron chi connectivity index (χ0n) is 15.3. The molecule has 0 radical (unpaired) electrons. The number of fused-ring (bicyclic) bond motifs is 3. The number of para-hydroxylation sites is 1. The average Bonchev–Trinajstić information content (AvgIpc) is 2.97. The number of halogens is 1. The lowest BCUT2D eigenvalue weighted by atomic mass is 9.94. The van der Waals surface area contributed by atoms with Gasteiger partial charge in [-0.3, -0.25) is 4.90 Å². The SMILES string of the molecule is O=C(N1CCCc2ccccc21)N1C2C=C(c3ccccc3F)CC1CC2. The number of carbonyl (C=O) groups excluding carboxylic acids is 1. The molecule has 0 aliphatic carbocycles. The Morgan fingerprint density at radius 2 is 1.85 bits per heavy atom. The normalized spacial score (nSPS) is 23.8. The number of urea groups is 1. The molecule has 0 saturated carbocycles. The van der Waals surface area contributed by atoms with E-state index in [4.69, 9.17) is 0 Å². The van der Waals surface area contributed by atoms with Gasteiger partial charge in [-0.15, -0.1) is 0 Å². The topological polar surface area (TPSA) is 23.6 Å². The largest absolute Gasteiger partial charge is 0.325 e. The minimum atomic E-state index is -0.173. The van der Waals surface area contributed by atoms with Crippen LogP contribution in [0.25, 0.3) is 5.57 Å². The first kappa shape index (κ1) is 16.5. The van der Waals surface area contributed by atoms with Gasteiger partial charge >= 0.3 is 6.03 Å². The Kier molecular flexibility index (Phi) is 4.00. The predicted octanol–water partition coefficient (Wildman–Crippen LogP) is 5.02. The van der Waals surface area contributed by atoms with Crippen LogP contribution in [0.4, 0.5) is 14.9 Å². The predicted molar refractivity (Wildman–Crippen MR) is 105 cm³/mol. The number of rotatable bonds is 1. The van der Waals surface area contributed by atoms with E-state index in [0.717, 1.165) is 49.9 Å². The Morgan fingerprint density at radius 3 is 2.70 bits per heavy atom. The van der Waals surface area contributed by atoms with Crippen molar-refractivity contribution in [2.24, 2.45) is 0 Å². The summed E-state index contributed by atoms with van der Waals surface area (Å²) in [5.41, 5.74) is 4.04. The molecule has 0 aromatic heterocycles. The highest BCUT2D eigenvalue weighted by Crippen LogP contribution is 2.40. The van der Waals surface area contributed by atoms with Crippen molar-refractivity contribution in [3.8, 4) is 0 Å². The van der Waals surface area contributed by atoms with Gasteiger partial charge in [0.25, 0.3) is 0 Å². The number of nitrogens with zero attached hydrogens (tertiary/aromatic N) is 2. The van der Waals surface area contributed by atoms with Crippen molar-refractivity contribution in [2.75, 3.05) is 11.4 Å². The summed E-state index contributed by atoms with van der Waals surface area (Å²) >= 11 is 0. The second kappa shape index (κ2) is 6.52. The standard InChI is InChI=1S/C23H23FN2O/c24-21-9-3-2-8-20(21)17-14-18-11-12-19(15-17)26(18)23(27)25-13-5-7-16-6-1-4-10-22(16)25/h1-4,6,8-10,14,18-19H,5,7,11-13,15H2. The van der Waals surface area contributed by atoms with E-state index < -0.39 is 0 Å². The van der Waals surface area contributed by atoms with E-state index in [-0.39, 0.29) is 23.9 Å². The van der Waals surface area contributed by atoms with E-state index in [9.17, 15) is 9.18 Å². The zero-order valence-corrected chi connectivity index (χ0v) is 15.3. The van der Waals surface area contributed by atoms with E-state index in [1.807, 2.05) is 34.1 Å². The molecule has 2 aromatic rings. The molecule has 1 fully saturated rings. The van der Waals surface area contributed by atoms with Gasteiger partial charge in [-0.1, -0.05) is 42.5 Å². The second-order valence-corrected chi connectivity index (χ2v) is 7.75. The van der Waals surface area contributed by atoms with Crippen molar-refractivity contribution in [1.82, 2.24) is 4.90 Å². The summed E-state index contributed by atoms with van der Waals surface area (Å²) < 4.78 is 14.2. The molecule has 2 atom stereocenters. The van der Waals surface area contributed by atoms with Crippen LogP contribution in [0.3, 0.4) is 0 Å². The number of hydrogen-bond donors (Lipinski definition) is 0. The third kappa shape index (κ3) is 2.75. The van der Waals surface area contributed by atoms with Crippen molar-refractivity contribution in [1.29, 1.82) is 0 Å². The molecule has 0 N–H and O–H groups in total. The minimum Gasteiger partial charge on any atom is -0.315 e. The number of carbonyl (C=O) groups is 1. The smallest absolute Gasteiger partial charge is 0.315 e. The maximum absolute atomic E-state index is 14.2. The van der Waals surface area contributed by atoms with Crippen LogP contribution in [0.2, 0.25) is 0 Å². The Hall–Kier alpha value is -2.62. The van der Waals surface area contributed by atoms with Crippen LogP contribution in [-0.4, -0.2) is 29.6 Å². The van der Waals surface area contributed by atoms with Crippen LogP contribution in [-0.2, 0) is 6.42 Å². The van der Waals surface area contributed by atoms with Gasteiger partial charge in [-0.2, -0.15) is 0 Å². The number of benzene rings is 2. The summed E-state index contributed by atoms with van der Waals surface area (Å²) in [5.74, 6) is -0.173. The van der Waals surface area contributed by atoms with Gasteiger partial charge in [-0.25, -0.2) is 9.18 Å². The third-order valence-electron chi connectivity index (χ3n) is 6.18. The summed E-state index contributed by atoms with van der Waals surface area (Å²) in [6.07, 6.45) is 6.84. The molecule has 2 amide bonds. The van der Waals surface area contributed by atoms with E-state index in [2.05, 4.69) is 18.2 Å². The fourth-order valence-electron chi connectivity index (χ4n) is 4.92. The highest BCUT2D eigenvalue weighted by molar-refractivity contribution is 5.94. The van der Waals surface area contributed by atoms with Gasteiger partial charge in [0.2, 0.25) is 0 Å². The molecule has 5 rings (SSSR count). The summed E-state index contributed by atoms with van der Waals surface area (Å²) in [5, 5.41) is 0. The molecule has 27 heavy (non-hydrogen) atoms. The summed E-state index contributed by atoms with van der Waals surface area (Å²) in [4.78, 5) is 17.4. The minimum absolute atomic E-state index is 0.0694. The summed E-state index contributed by atoms with van der Waals surface area (Å²) in [7, 11) is 0. The molecule has 3 heterocycles. The van der Waals surface area contributed by atoms with Gasteiger partial charge in [0.05, 0.1) is 6.04 Å². The maximum atomic E-state index is 14.2. The monoisotopic (exact) mass is 362 g/mol. The molecular weight excluding hydrogens is 339 g/mol. The van der Waals surface area contributed by atoms with Crippen LogP contribution >= 0.6 is 0 Å². The van der Waals surface area contributed by atoms with Crippen molar-refractivity contribution in [3.05, 3.63) is 71.6 Å². The van der Waals surface area contributed by atoms with E-state index in [1.165, 1.54) is 11.6 Å². The van der Waals surface area contributed by atoms with Crippen LogP contribution in [0.1, 0.15) is 36.8 Å². The lowest BCUT2D eigenvalue weighted by molar-refractivity contribution is 0.186. The molecule has 1 saturated heterocycles. The molecule has 4 heteroatoms. The molecule has 0 spiro atoms. The molecule has 2 unspecified atom stereocenters. The fraction of sp³-hybridized carbons (Fsp3) is 0.348. The summed E-state index contributed by atoms with van der Waals surface area (Å²) in [6.45, 7) is 0.773. The van der Waals surface area contributed by atoms with Crippen molar-refractivity contribution in [3.63, 3.8) is 0 Å². The molecule has 2 bridgehead atoms. The van der Waals surface area contributed by atoms with Gasteiger partial charge in [-0.05, 0) is 55.4 Å². The quantitative estimate of drug-likeness (QED) is 0.699. The molecule has 2 aromatic carbocycles. The molecule has 3 aliphatic heterocycles. The summed E-state index contributed by atoms with van der Waals surface area (Å²) in [6, 6.07) is 15.5. The molecule has 3 nitrogen and oxygen atoms in total. The fourth-order valence-corrected chi connectivity index (χ4v) is 4.92. The van der Waals surface area contributed by atoms with E-state index in [1.54, 1.807) is 6.07 Å². The van der Waals surface area contributed by atoms with Crippen molar-refractivity contribution < 1.29 is 9.18 Å². The number of hydrogen-bond acceptors (Lipinski definition) is 1. The van der Waals surface area contributed by atoms with Gasteiger partial charge in [0.15, 0.2) is 0 Å². The van der Waals surface area contributed by atoms with Crippen LogP contribution in [0, 0.1) is 5.82 Å². The van der Waals surface area contributed by atoms with Crippen LogP contribution in [0.15, 0.2) is 54.6 Å². The number of aryl methyl sites for hydroxylation is 1. The van der Waals surface area contributed by atoms with E-state index in [0.29, 0.717) is 5.56 Å². The highest BCUT2D eigenvalue weighted by atomic mass is 19.1. The Balaban J connectivity index is 1.45. The van der Waals surface area contributed by atoms with Gasteiger partial charge in [0.1, 0.15) is 5.82 Å². The Labute approximate surface area is 159 Å². The number of anilines is 1. The first-order chi connectivity index (χ1) is 13.2. The maximum Gasteiger partial charge on any atom is 0.325 e. The first-order valence-electron chi connectivity index (χ1n) is 9.86. The van der Waals surface area contributed by atoms with Crippen molar-refractivity contribution >= 4 is 17.3 Å².